The van der Waals surface area contributed by atoms with E-state index in [-0.39, 0.29) is 24.1 Å². The Hall–Kier alpha value is -1.75. The number of ether oxygens (including phenoxy) is 1. The predicted molar refractivity (Wildman–Crippen MR) is 122 cm³/mol. The van der Waals surface area contributed by atoms with Crippen LogP contribution in [-0.4, -0.2) is 39.1 Å². The average molecular weight is 497 g/mol. The number of fused-ring (bicyclic) bond motifs is 1. The van der Waals surface area contributed by atoms with E-state index < -0.39 is 13.7 Å². The lowest BCUT2D eigenvalue weighted by molar-refractivity contribution is 0.0487. The lowest BCUT2D eigenvalue weighted by atomic mass is 10.1. The minimum Gasteiger partial charge on any atom is -0.417 e. The first-order chi connectivity index (χ1) is 13.8. The highest BCUT2D eigenvalue weighted by Crippen LogP contribution is 2.37. The van der Waals surface area contributed by atoms with Crippen LogP contribution in [0.4, 0.5) is 0 Å². The first-order valence-corrected chi connectivity index (χ1v) is 14.3. The zero-order chi connectivity index (χ0) is 22.4. The standard InChI is InChI=1S/C20H29BrN4O4Si/c1-12-14(17-22-23-19(29-17)20(2,3)27)15-13(21)10-24(4)18(26)16(15)25(12)11-28-8-9-30(5,6)7/h10,27H,8-9,11H2,1-7H3. The third-order valence-corrected chi connectivity index (χ3v) is 7.28. The normalized spacial score (nSPS) is 12.8. The molecule has 164 valence electrons. The van der Waals surface area contributed by atoms with Crippen molar-refractivity contribution in [1.82, 2.24) is 19.3 Å². The minimum absolute atomic E-state index is 0.115. The third kappa shape index (κ3) is 4.46. The first-order valence-electron chi connectivity index (χ1n) is 9.83. The van der Waals surface area contributed by atoms with Crippen molar-refractivity contribution in [3.8, 4) is 11.5 Å². The lowest BCUT2D eigenvalue weighted by Crippen LogP contribution is -2.23. The maximum Gasteiger partial charge on any atom is 0.274 e. The molecular weight excluding hydrogens is 468 g/mol. The smallest absolute Gasteiger partial charge is 0.274 e. The molecule has 0 unspecified atom stereocenters. The van der Waals surface area contributed by atoms with E-state index in [0.29, 0.717) is 23.1 Å². The van der Waals surface area contributed by atoms with Crippen molar-refractivity contribution in [2.75, 3.05) is 6.61 Å². The molecule has 3 aromatic rings. The summed E-state index contributed by atoms with van der Waals surface area (Å²) in [5.74, 6) is 0.369. The van der Waals surface area contributed by atoms with E-state index in [1.807, 2.05) is 11.5 Å². The Labute approximate surface area is 185 Å². The van der Waals surface area contributed by atoms with E-state index in [2.05, 4.69) is 45.8 Å². The number of hydrogen-bond donors (Lipinski definition) is 1. The molecule has 0 atom stereocenters. The van der Waals surface area contributed by atoms with Crippen LogP contribution in [0.1, 0.15) is 25.4 Å². The summed E-state index contributed by atoms with van der Waals surface area (Å²) in [7, 11) is 0.494. The van der Waals surface area contributed by atoms with Crippen LogP contribution in [0.15, 0.2) is 19.9 Å². The molecule has 3 heterocycles. The molecule has 3 rings (SSSR count). The van der Waals surface area contributed by atoms with Gasteiger partial charge >= 0.3 is 0 Å². The molecule has 0 bridgehead atoms. The van der Waals surface area contributed by atoms with Crippen LogP contribution >= 0.6 is 15.9 Å². The van der Waals surface area contributed by atoms with Crippen molar-refractivity contribution in [2.45, 2.75) is 58.8 Å². The number of aliphatic hydroxyl groups is 1. The zero-order valence-corrected chi connectivity index (χ0v) is 21.1. The van der Waals surface area contributed by atoms with Gasteiger partial charge in [0.1, 0.15) is 17.8 Å². The van der Waals surface area contributed by atoms with Crippen LogP contribution in [-0.2, 0) is 24.1 Å². The van der Waals surface area contributed by atoms with E-state index in [1.165, 1.54) is 4.57 Å². The van der Waals surface area contributed by atoms with Gasteiger partial charge in [-0.25, -0.2) is 0 Å². The maximum atomic E-state index is 13.0. The monoisotopic (exact) mass is 496 g/mol. The summed E-state index contributed by atoms with van der Waals surface area (Å²) in [5.41, 5.74) is 0.554. The number of halogens is 1. The van der Waals surface area contributed by atoms with Crippen LogP contribution in [0, 0.1) is 6.92 Å². The van der Waals surface area contributed by atoms with Gasteiger partial charge in [-0.2, -0.15) is 0 Å². The fraction of sp³-hybridized carbons (Fsp3) is 0.550. The van der Waals surface area contributed by atoms with E-state index >= 15 is 0 Å². The summed E-state index contributed by atoms with van der Waals surface area (Å²) in [5, 5.41) is 19.0. The molecule has 8 nitrogen and oxygen atoms in total. The van der Waals surface area contributed by atoms with Crippen LogP contribution < -0.4 is 5.56 Å². The Morgan fingerprint density at radius 1 is 1.30 bits per heavy atom. The predicted octanol–water partition coefficient (Wildman–Crippen LogP) is 4.00. The molecular formula is C20H29BrN4O4Si. The molecule has 0 amide bonds. The van der Waals surface area contributed by atoms with Gasteiger partial charge in [0.15, 0.2) is 0 Å². The highest BCUT2D eigenvalue weighted by molar-refractivity contribution is 9.10. The van der Waals surface area contributed by atoms with Gasteiger partial charge in [-0.1, -0.05) is 19.6 Å². The summed E-state index contributed by atoms with van der Waals surface area (Å²) in [6, 6.07) is 1.04. The number of hydrogen-bond acceptors (Lipinski definition) is 6. The Balaban J connectivity index is 2.14. The van der Waals surface area contributed by atoms with Gasteiger partial charge in [-0.05, 0) is 42.7 Å². The topological polar surface area (TPSA) is 95.3 Å². The molecule has 0 aliphatic carbocycles. The largest absolute Gasteiger partial charge is 0.417 e. The molecule has 1 N–H and O–H groups in total. The molecule has 0 spiro atoms. The molecule has 0 saturated carbocycles. The van der Waals surface area contributed by atoms with Crippen molar-refractivity contribution >= 4 is 34.9 Å². The number of pyridine rings is 1. The molecule has 3 aromatic heterocycles. The second-order valence-electron chi connectivity index (χ2n) is 9.32. The SMILES string of the molecule is Cc1c(-c2nnc(C(C)(C)O)o2)c2c(Br)cn(C)c(=O)c2n1COCC[Si](C)(C)C. The quantitative estimate of drug-likeness (QED) is 0.392. The van der Waals surface area contributed by atoms with E-state index in [1.54, 1.807) is 27.1 Å². The molecule has 0 aliphatic rings. The van der Waals surface area contributed by atoms with Gasteiger partial charge in [-0.3, -0.25) is 4.79 Å². The van der Waals surface area contributed by atoms with E-state index in [4.69, 9.17) is 9.15 Å². The number of nitrogens with zero attached hydrogens (tertiary/aromatic N) is 4. The van der Waals surface area contributed by atoms with Crippen LogP contribution in [0.3, 0.4) is 0 Å². The van der Waals surface area contributed by atoms with Gasteiger partial charge < -0.3 is 23.4 Å². The Morgan fingerprint density at radius 3 is 2.53 bits per heavy atom. The minimum atomic E-state index is -1.26. The second-order valence-corrected chi connectivity index (χ2v) is 15.8. The Bertz CT molecular complexity index is 1140. The summed E-state index contributed by atoms with van der Waals surface area (Å²) >= 11 is 3.58. The van der Waals surface area contributed by atoms with E-state index in [0.717, 1.165) is 16.2 Å². The Kier molecular flexibility index (Phi) is 6.16. The molecule has 30 heavy (non-hydrogen) atoms. The summed E-state index contributed by atoms with van der Waals surface area (Å²) in [4.78, 5) is 13.0. The second kappa shape index (κ2) is 8.06. The van der Waals surface area contributed by atoms with Gasteiger partial charge in [0.2, 0.25) is 11.8 Å². The van der Waals surface area contributed by atoms with Crippen molar-refractivity contribution < 1.29 is 14.3 Å². The number of aryl methyl sites for hydroxylation is 1. The van der Waals surface area contributed by atoms with Gasteiger partial charge in [0, 0.05) is 43.5 Å². The Morgan fingerprint density at radius 2 is 1.97 bits per heavy atom. The number of aromatic nitrogens is 4. The molecule has 0 fully saturated rings. The van der Waals surface area contributed by atoms with Crippen LogP contribution in [0.25, 0.3) is 22.4 Å². The molecule has 0 radical (unpaired) electrons. The van der Waals surface area contributed by atoms with Crippen LogP contribution in [0.2, 0.25) is 25.7 Å². The zero-order valence-electron chi connectivity index (χ0n) is 18.5. The molecule has 0 saturated heterocycles. The lowest BCUT2D eigenvalue weighted by Gasteiger charge is -2.16. The summed E-state index contributed by atoms with van der Waals surface area (Å²) < 4.78 is 15.9. The van der Waals surface area contributed by atoms with Crippen molar-refractivity contribution in [3.05, 3.63) is 32.6 Å². The maximum absolute atomic E-state index is 13.0. The molecule has 0 aliphatic heterocycles. The number of rotatable bonds is 7. The van der Waals surface area contributed by atoms with Gasteiger partial charge in [0.25, 0.3) is 5.56 Å². The first kappa shape index (κ1) is 22.9. The van der Waals surface area contributed by atoms with Gasteiger partial charge in [0.05, 0.1) is 5.56 Å². The fourth-order valence-electron chi connectivity index (χ4n) is 3.18. The van der Waals surface area contributed by atoms with Crippen molar-refractivity contribution in [1.29, 1.82) is 0 Å². The summed E-state index contributed by atoms with van der Waals surface area (Å²) in [6.45, 7) is 12.9. The fourth-order valence-corrected chi connectivity index (χ4v) is 4.63. The van der Waals surface area contributed by atoms with Crippen LogP contribution in [0.5, 0.6) is 0 Å². The van der Waals surface area contributed by atoms with E-state index in [9.17, 15) is 9.90 Å². The van der Waals surface area contributed by atoms with Crippen molar-refractivity contribution in [2.24, 2.45) is 7.05 Å². The molecule has 0 aromatic carbocycles. The third-order valence-electron chi connectivity index (χ3n) is 4.97. The molecule has 10 heteroatoms. The highest BCUT2D eigenvalue weighted by Gasteiger charge is 2.28. The highest BCUT2D eigenvalue weighted by atomic mass is 79.9. The van der Waals surface area contributed by atoms with Crippen molar-refractivity contribution in [3.63, 3.8) is 0 Å². The van der Waals surface area contributed by atoms with Gasteiger partial charge in [-0.15, -0.1) is 10.2 Å². The summed E-state index contributed by atoms with van der Waals surface area (Å²) in [6.07, 6.45) is 1.72. The average Bonchev–Trinajstić information content (AvgIpc) is 3.19.